The molecule has 11 heteroatoms. The van der Waals surface area contributed by atoms with Crippen molar-refractivity contribution in [3.63, 3.8) is 0 Å². The number of hydrogen-bond donors (Lipinski definition) is 0. The van der Waals surface area contributed by atoms with E-state index in [4.69, 9.17) is 27.6 Å². The molecular formula is C36H47Cl2F3N2O3Si. The highest BCUT2D eigenvalue weighted by atomic mass is 35.5. The number of likely N-dealkylation sites (tertiary alicyclic amines) is 2. The smallest absolute Gasteiger partial charge is 0.391 e. The first kappa shape index (κ1) is 36.2. The van der Waals surface area contributed by atoms with Crippen LogP contribution in [0.15, 0.2) is 36.4 Å². The number of piperidine rings is 1. The molecule has 0 unspecified atom stereocenters. The molecule has 2 heterocycles. The van der Waals surface area contributed by atoms with Gasteiger partial charge in [-0.1, -0.05) is 56.1 Å². The second kappa shape index (κ2) is 14.0. The third-order valence-electron chi connectivity index (χ3n) is 11.0. The molecular weight excluding hydrogens is 664 g/mol. The average molecular weight is 712 g/mol. The molecule has 0 N–H and O–H groups in total. The van der Waals surface area contributed by atoms with E-state index in [1.807, 2.05) is 12.1 Å². The van der Waals surface area contributed by atoms with Gasteiger partial charge in [-0.2, -0.15) is 13.2 Å². The van der Waals surface area contributed by atoms with Crippen LogP contribution in [0.1, 0.15) is 81.6 Å². The fourth-order valence-electron chi connectivity index (χ4n) is 6.99. The molecule has 0 spiro atoms. The molecule has 2 aromatic rings. The Kier molecular flexibility index (Phi) is 10.8. The van der Waals surface area contributed by atoms with Crippen molar-refractivity contribution in [3.8, 4) is 11.1 Å². The Morgan fingerprint density at radius 1 is 0.872 bits per heavy atom. The van der Waals surface area contributed by atoms with E-state index in [-0.39, 0.29) is 60.8 Å². The number of alkyl halides is 3. The van der Waals surface area contributed by atoms with Crippen LogP contribution in [0, 0.1) is 11.8 Å². The third-order valence-corrected chi connectivity index (χ3v) is 16.2. The number of amides is 2. The summed E-state index contributed by atoms with van der Waals surface area (Å²) in [6, 6.07) is 10.9. The molecule has 258 valence electrons. The lowest BCUT2D eigenvalue weighted by Crippen LogP contribution is -2.47. The molecule has 1 aliphatic carbocycles. The lowest BCUT2D eigenvalue weighted by atomic mass is 9.92. The van der Waals surface area contributed by atoms with Crippen molar-refractivity contribution in [2.45, 2.75) is 109 Å². The topological polar surface area (TPSA) is 49.9 Å². The monoisotopic (exact) mass is 710 g/mol. The number of benzene rings is 2. The van der Waals surface area contributed by atoms with Gasteiger partial charge in [-0.25, -0.2) is 0 Å². The second-order valence-electron chi connectivity index (χ2n) is 15.1. The third kappa shape index (κ3) is 8.22. The van der Waals surface area contributed by atoms with Crippen LogP contribution in [0.5, 0.6) is 0 Å². The van der Waals surface area contributed by atoms with Crippen molar-refractivity contribution in [1.82, 2.24) is 9.80 Å². The first-order chi connectivity index (χ1) is 21.9. The van der Waals surface area contributed by atoms with Gasteiger partial charge in [-0.3, -0.25) is 9.59 Å². The van der Waals surface area contributed by atoms with Gasteiger partial charge in [0.2, 0.25) is 5.91 Å². The Balaban J connectivity index is 1.16. The van der Waals surface area contributed by atoms with Gasteiger partial charge in [0.25, 0.3) is 5.91 Å². The quantitative estimate of drug-likeness (QED) is 0.269. The van der Waals surface area contributed by atoms with Crippen LogP contribution in [-0.2, 0) is 15.6 Å². The summed E-state index contributed by atoms with van der Waals surface area (Å²) in [5.41, 5.74) is 2.78. The molecule has 3 fully saturated rings. The highest BCUT2D eigenvalue weighted by Crippen LogP contribution is 2.41. The fourth-order valence-corrected chi connectivity index (χ4v) is 9.06. The normalized spacial score (nSPS) is 23.4. The highest BCUT2D eigenvalue weighted by Gasteiger charge is 2.43. The van der Waals surface area contributed by atoms with Crippen LogP contribution in [-0.4, -0.2) is 67.9 Å². The molecule has 2 saturated heterocycles. The van der Waals surface area contributed by atoms with E-state index in [0.29, 0.717) is 22.0 Å². The van der Waals surface area contributed by atoms with Gasteiger partial charge in [-0.05, 0) is 110 Å². The summed E-state index contributed by atoms with van der Waals surface area (Å²) >= 11 is 13.5. The maximum atomic E-state index is 13.6. The minimum atomic E-state index is -4.22. The largest absolute Gasteiger partial charge is 0.414 e. The molecule has 2 aliphatic heterocycles. The van der Waals surface area contributed by atoms with Crippen LogP contribution in [0.3, 0.4) is 0 Å². The van der Waals surface area contributed by atoms with Gasteiger partial charge in [0.15, 0.2) is 8.32 Å². The van der Waals surface area contributed by atoms with Crippen LogP contribution in [0.25, 0.3) is 11.1 Å². The van der Waals surface area contributed by atoms with Gasteiger partial charge < -0.3 is 14.2 Å². The Hall–Kier alpha value is -2.07. The van der Waals surface area contributed by atoms with Crippen molar-refractivity contribution in [1.29, 1.82) is 0 Å². The van der Waals surface area contributed by atoms with E-state index in [2.05, 4.69) is 38.8 Å². The Morgan fingerprint density at radius 2 is 1.45 bits per heavy atom. The lowest BCUT2D eigenvalue weighted by molar-refractivity contribution is -0.183. The van der Waals surface area contributed by atoms with Gasteiger partial charge >= 0.3 is 6.18 Å². The molecule has 0 radical (unpaired) electrons. The molecule has 2 amide bonds. The predicted octanol–water partition coefficient (Wildman–Crippen LogP) is 9.80. The van der Waals surface area contributed by atoms with Crippen LogP contribution >= 0.6 is 23.2 Å². The maximum absolute atomic E-state index is 13.6. The van der Waals surface area contributed by atoms with Gasteiger partial charge in [-0.15, -0.1) is 0 Å². The summed E-state index contributed by atoms with van der Waals surface area (Å²) in [5, 5.41) is 1.17. The fraction of sp³-hybridized carbons (Fsp3) is 0.611. The summed E-state index contributed by atoms with van der Waals surface area (Å²) in [4.78, 5) is 30.1. The first-order valence-corrected chi connectivity index (χ1v) is 20.5. The number of nitrogens with zero attached hydrogens (tertiary/aromatic N) is 2. The zero-order valence-electron chi connectivity index (χ0n) is 28.1. The number of rotatable bonds is 7. The SMILES string of the molecule is CC(C)(C)[Si](C)(C)O[C@H]1CC[C@@H](N2CC[C@@H](Cc3c(Cl)cc(-c4ccc(C(=O)N5CCC(C(F)(F)F)CC5)cc4)cc3Cl)C2=O)CC1. The Morgan fingerprint density at radius 3 is 1.98 bits per heavy atom. The summed E-state index contributed by atoms with van der Waals surface area (Å²) < 4.78 is 45.7. The summed E-state index contributed by atoms with van der Waals surface area (Å²) in [5.74, 6) is -1.61. The van der Waals surface area contributed by atoms with Crippen molar-refractivity contribution >= 4 is 43.3 Å². The van der Waals surface area contributed by atoms with E-state index in [1.165, 1.54) is 4.90 Å². The number of halogens is 5. The zero-order chi connectivity index (χ0) is 34.3. The van der Waals surface area contributed by atoms with Gasteiger partial charge in [0, 0.05) is 53.3 Å². The molecule has 5 rings (SSSR count). The van der Waals surface area contributed by atoms with Crippen LogP contribution in [0.4, 0.5) is 13.2 Å². The first-order valence-electron chi connectivity index (χ1n) is 16.9. The summed E-state index contributed by atoms with van der Waals surface area (Å²) in [6.45, 7) is 12.3. The zero-order valence-corrected chi connectivity index (χ0v) is 30.6. The molecule has 5 nitrogen and oxygen atoms in total. The molecule has 3 aliphatic rings. The van der Waals surface area contributed by atoms with E-state index in [9.17, 15) is 22.8 Å². The molecule has 1 saturated carbocycles. The van der Waals surface area contributed by atoms with E-state index < -0.39 is 20.4 Å². The predicted molar refractivity (Wildman–Crippen MR) is 184 cm³/mol. The van der Waals surface area contributed by atoms with Gasteiger partial charge in [0.1, 0.15) is 0 Å². The van der Waals surface area contributed by atoms with E-state index >= 15 is 0 Å². The van der Waals surface area contributed by atoms with Gasteiger partial charge in [0.05, 0.1) is 5.92 Å². The summed E-state index contributed by atoms with van der Waals surface area (Å²) in [7, 11) is -1.82. The molecule has 47 heavy (non-hydrogen) atoms. The number of carbonyl (C=O) groups excluding carboxylic acids is 2. The second-order valence-corrected chi connectivity index (χ2v) is 20.7. The van der Waals surface area contributed by atoms with Crippen LogP contribution < -0.4 is 0 Å². The van der Waals surface area contributed by atoms with E-state index in [1.54, 1.807) is 24.3 Å². The minimum absolute atomic E-state index is 0.0742. The highest BCUT2D eigenvalue weighted by molar-refractivity contribution is 6.74. The van der Waals surface area contributed by atoms with Crippen molar-refractivity contribution in [2.24, 2.45) is 11.8 Å². The van der Waals surface area contributed by atoms with E-state index in [0.717, 1.165) is 55.3 Å². The molecule has 0 aromatic heterocycles. The maximum Gasteiger partial charge on any atom is 0.391 e. The molecule has 1 atom stereocenters. The van der Waals surface area contributed by atoms with Crippen LogP contribution in [0.2, 0.25) is 28.2 Å². The average Bonchev–Trinajstić information content (AvgIpc) is 3.37. The number of carbonyl (C=O) groups is 2. The Bertz CT molecular complexity index is 1420. The molecule has 0 bridgehead atoms. The summed E-state index contributed by atoms with van der Waals surface area (Å²) in [6.07, 6.45) is 1.07. The van der Waals surface area contributed by atoms with Crippen molar-refractivity contribution in [2.75, 3.05) is 19.6 Å². The Labute approximate surface area is 288 Å². The van der Waals surface area contributed by atoms with Crippen molar-refractivity contribution < 1.29 is 27.2 Å². The molecule has 2 aromatic carbocycles. The lowest BCUT2D eigenvalue weighted by Gasteiger charge is -2.42. The standard InChI is InChI=1S/C36H47Cl2F3N2O3Si/c1-35(2,3)47(4,5)46-29-12-10-28(11-13-29)43-19-14-25(34(43)45)20-30-31(37)21-26(22-32(30)38)23-6-8-24(9-7-23)33(44)42-17-15-27(16-18-42)36(39,40)41/h6-9,21-22,25,27-29H,10-20H2,1-5H3/t25-,28-,29+/m0/s1. The number of hydrogen-bond acceptors (Lipinski definition) is 3. The minimum Gasteiger partial charge on any atom is -0.414 e. The van der Waals surface area contributed by atoms with Crippen molar-refractivity contribution in [3.05, 3.63) is 57.6 Å².